The summed E-state index contributed by atoms with van der Waals surface area (Å²) in [5.41, 5.74) is 0. The van der Waals surface area contributed by atoms with E-state index in [1.807, 2.05) is 0 Å². The molecule has 0 atom stereocenters. The molecule has 0 rings (SSSR count). The Morgan fingerprint density at radius 2 is 1.60 bits per heavy atom. The van der Waals surface area contributed by atoms with Gasteiger partial charge < -0.3 is 9.47 Å². The first-order valence-corrected chi connectivity index (χ1v) is 3.93. The maximum Gasteiger partial charge on any atom is 0.422 e. The third kappa shape index (κ3) is 8.79. The Kier molecular flexibility index (Phi) is 5.43. The summed E-state index contributed by atoms with van der Waals surface area (Å²) in [5, 5.41) is 0. The average molecular weight is 226 g/mol. The van der Waals surface area contributed by atoms with Gasteiger partial charge in [0.05, 0.1) is 6.61 Å². The first-order chi connectivity index (χ1) is 6.85. The van der Waals surface area contributed by atoms with E-state index in [0.29, 0.717) is 12.2 Å². The minimum atomic E-state index is -4.58. The lowest BCUT2D eigenvalue weighted by atomic mass is 10.5. The summed E-state index contributed by atoms with van der Waals surface area (Å²) in [6, 6.07) is 0. The van der Waals surface area contributed by atoms with Crippen LogP contribution in [0.25, 0.3) is 0 Å². The van der Waals surface area contributed by atoms with Crippen LogP contribution in [0.15, 0.2) is 12.2 Å². The van der Waals surface area contributed by atoms with Crippen molar-refractivity contribution in [1.29, 1.82) is 0 Å². The van der Waals surface area contributed by atoms with Crippen molar-refractivity contribution in [2.24, 2.45) is 0 Å². The predicted molar refractivity (Wildman–Crippen MR) is 42.8 cm³/mol. The molecule has 0 aromatic rings. The van der Waals surface area contributed by atoms with Gasteiger partial charge in [0.1, 0.15) is 0 Å². The smallest absolute Gasteiger partial charge is 0.422 e. The van der Waals surface area contributed by atoms with E-state index in [2.05, 4.69) is 9.47 Å². The molecule has 0 aromatic carbocycles. The van der Waals surface area contributed by atoms with Gasteiger partial charge in [0.15, 0.2) is 6.61 Å². The summed E-state index contributed by atoms with van der Waals surface area (Å²) in [6.07, 6.45) is -3.31. The van der Waals surface area contributed by atoms with Crippen LogP contribution < -0.4 is 0 Å². The van der Waals surface area contributed by atoms with Crippen molar-refractivity contribution in [2.45, 2.75) is 13.1 Å². The summed E-state index contributed by atoms with van der Waals surface area (Å²) in [6.45, 7) is -0.0204. The fourth-order valence-corrected chi connectivity index (χ4v) is 0.528. The topological polar surface area (TPSA) is 52.6 Å². The molecule has 15 heavy (non-hydrogen) atoms. The Morgan fingerprint density at radius 3 is 2.00 bits per heavy atom. The Hall–Kier alpha value is -1.53. The van der Waals surface area contributed by atoms with Crippen LogP contribution in [-0.2, 0) is 19.1 Å². The highest BCUT2D eigenvalue weighted by atomic mass is 19.4. The lowest BCUT2D eigenvalue weighted by molar-refractivity contribution is -0.182. The molecule has 0 aliphatic carbocycles. The van der Waals surface area contributed by atoms with E-state index in [1.165, 1.54) is 0 Å². The molecule has 0 radical (unpaired) electrons. The molecule has 0 aliphatic rings. The largest absolute Gasteiger partial charge is 0.463 e. The highest BCUT2D eigenvalue weighted by Gasteiger charge is 2.29. The number of alkyl halides is 3. The number of esters is 2. The summed E-state index contributed by atoms with van der Waals surface area (Å²) >= 11 is 0. The number of hydrogen-bond donors (Lipinski definition) is 0. The van der Waals surface area contributed by atoms with Crippen molar-refractivity contribution in [2.75, 3.05) is 13.2 Å². The molecule has 0 fully saturated rings. The van der Waals surface area contributed by atoms with Crippen LogP contribution in [0.3, 0.4) is 0 Å². The SMILES string of the molecule is CCOC(=O)C=CC(=O)OCC(F)(F)F. The second-order valence-corrected chi connectivity index (χ2v) is 2.31. The fourth-order valence-electron chi connectivity index (χ4n) is 0.528. The molecule has 0 aliphatic heterocycles. The molecule has 86 valence electrons. The number of halogens is 3. The highest BCUT2D eigenvalue weighted by molar-refractivity contribution is 5.91. The molecular weight excluding hydrogens is 217 g/mol. The van der Waals surface area contributed by atoms with E-state index < -0.39 is 24.7 Å². The third-order valence-corrected chi connectivity index (χ3v) is 1.02. The molecule has 0 amide bonds. The van der Waals surface area contributed by atoms with Gasteiger partial charge in [0, 0.05) is 12.2 Å². The second kappa shape index (κ2) is 6.05. The Balaban J connectivity index is 3.89. The van der Waals surface area contributed by atoms with Gasteiger partial charge in [-0.3, -0.25) is 0 Å². The quantitative estimate of drug-likeness (QED) is 0.534. The molecule has 0 saturated carbocycles. The van der Waals surface area contributed by atoms with Crippen LogP contribution >= 0.6 is 0 Å². The van der Waals surface area contributed by atoms with Crippen molar-refractivity contribution < 1.29 is 32.2 Å². The van der Waals surface area contributed by atoms with Gasteiger partial charge in [0.25, 0.3) is 0 Å². The molecule has 7 heteroatoms. The Morgan fingerprint density at radius 1 is 1.13 bits per heavy atom. The van der Waals surface area contributed by atoms with Crippen LogP contribution in [0.4, 0.5) is 13.2 Å². The van der Waals surface area contributed by atoms with Gasteiger partial charge in [-0.05, 0) is 6.92 Å². The monoisotopic (exact) mass is 226 g/mol. The third-order valence-electron chi connectivity index (χ3n) is 1.02. The lowest BCUT2D eigenvalue weighted by Gasteiger charge is -2.04. The molecular formula is C8H9F3O4. The second-order valence-electron chi connectivity index (χ2n) is 2.31. The van der Waals surface area contributed by atoms with Crippen LogP contribution in [0.2, 0.25) is 0 Å². The number of hydrogen-bond acceptors (Lipinski definition) is 4. The van der Waals surface area contributed by atoms with Crippen molar-refractivity contribution >= 4 is 11.9 Å². The molecule has 0 saturated heterocycles. The van der Waals surface area contributed by atoms with Crippen LogP contribution in [0.1, 0.15) is 6.92 Å². The number of ether oxygens (including phenoxy) is 2. The summed E-state index contributed by atoms with van der Waals surface area (Å²) in [4.78, 5) is 21.2. The maximum atomic E-state index is 11.5. The molecule has 0 aromatic heterocycles. The minimum absolute atomic E-state index is 0.112. The highest BCUT2D eigenvalue weighted by Crippen LogP contribution is 2.14. The summed E-state index contributed by atoms with van der Waals surface area (Å²) in [5.74, 6) is -2.07. The Labute approximate surface area is 83.7 Å². The van der Waals surface area contributed by atoms with E-state index in [9.17, 15) is 22.8 Å². The molecule has 0 spiro atoms. The van der Waals surface area contributed by atoms with Gasteiger partial charge in [0.2, 0.25) is 0 Å². The molecule has 0 unspecified atom stereocenters. The van der Waals surface area contributed by atoms with Crippen molar-refractivity contribution in [3.63, 3.8) is 0 Å². The van der Waals surface area contributed by atoms with Crippen LogP contribution in [0, 0.1) is 0 Å². The van der Waals surface area contributed by atoms with Gasteiger partial charge in [-0.1, -0.05) is 0 Å². The van der Waals surface area contributed by atoms with E-state index in [1.54, 1.807) is 6.92 Å². The predicted octanol–water partition coefficient (Wildman–Crippen LogP) is 1.21. The first-order valence-electron chi connectivity index (χ1n) is 3.93. The molecule has 0 N–H and O–H groups in total. The van der Waals surface area contributed by atoms with Gasteiger partial charge in [-0.25, -0.2) is 9.59 Å². The van der Waals surface area contributed by atoms with Crippen molar-refractivity contribution in [3.8, 4) is 0 Å². The van der Waals surface area contributed by atoms with E-state index in [0.717, 1.165) is 0 Å². The molecule has 0 heterocycles. The normalized spacial score (nSPS) is 11.5. The van der Waals surface area contributed by atoms with E-state index >= 15 is 0 Å². The van der Waals surface area contributed by atoms with Crippen molar-refractivity contribution in [1.82, 2.24) is 0 Å². The zero-order valence-corrected chi connectivity index (χ0v) is 7.84. The zero-order valence-electron chi connectivity index (χ0n) is 7.84. The van der Waals surface area contributed by atoms with E-state index in [-0.39, 0.29) is 6.61 Å². The van der Waals surface area contributed by atoms with Gasteiger partial charge in [-0.15, -0.1) is 0 Å². The maximum absolute atomic E-state index is 11.5. The fraction of sp³-hybridized carbons (Fsp3) is 0.500. The van der Waals surface area contributed by atoms with Gasteiger partial charge >= 0.3 is 18.1 Å². The standard InChI is InChI=1S/C8H9F3O4/c1-2-14-6(12)3-4-7(13)15-5-8(9,10)11/h3-4H,2,5H2,1H3. The Bertz CT molecular complexity index is 257. The molecule has 0 bridgehead atoms. The van der Waals surface area contributed by atoms with Crippen molar-refractivity contribution in [3.05, 3.63) is 12.2 Å². The van der Waals surface area contributed by atoms with E-state index in [4.69, 9.17) is 0 Å². The number of carbonyl (C=O) groups is 2. The number of rotatable bonds is 4. The summed E-state index contributed by atoms with van der Waals surface area (Å²) < 4.78 is 42.8. The molecule has 4 nitrogen and oxygen atoms in total. The van der Waals surface area contributed by atoms with Crippen LogP contribution in [-0.4, -0.2) is 31.3 Å². The minimum Gasteiger partial charge on any atom is -0.463 e. The first kappa shape index (κ1) is 13.5. The van der Waals surface area contributed by atoms with Crippen LogP contribution in [0.5, 0.6) is 0 Å². The zero-order chi connectivity index (χ0) is 11.9. The lowest BCUT2D eigenvalue weighted by Crippen LogP contribution is -2.19. The summed E-state index contributed by atoms with van der Waals surface area (Å²) in [7, 11) is 0. The average Bonchev–Trinajstić information content (AvgIpc) is 2.11. The van der Waals surface area contributed by atoms with Gasteiger partial charge in [-0.2, -0.15) is 13.2 Å². The number of carbonyl (C=O) groups excluding carboxylic acids is 2.